The van der Waals surface area contributed by atoms with Crippen LogP contribution in [-0.2, 0) is 21.4 Å². The Bertz CT molecular complexity index is 1670. The summed E-state index contributed by atoms with van der Waals surface area (Å²) in [7, 11) is 0. The molecule has 2 N–H and O–H groups in total. The predicted octanol–water partition coefficient (Wildman–Crippen LogP) is 10.7. The Labute approximate surface area is 317 Å². The molecular weight excluding hydrogens is 672 g/mol. The van der Waals surface area contributed by atoms with E-state index in [1.807, 2.05) is 6.08 Å². The molecule has 9 atom stereocenters. The van der Waals surface area contributed by atoms with Gasteiger partial charge >= 0.3 is 5.97 Å². The molecule has 4 saturated carbocycles. The molecular formula is C44H65ClN2O5. The maximum absolute atomic E-state index is 11.8. The van der Waals surface area contributed by atoms with E-state index in [2.05, 4.69) is 59.6 Å². The van der Waals surface area contributed by atoms with E-state index in [1.54, 1.807) is 25.0 Å². The van der Waals surface area contributed by atoms with Crippen molar-refractivity contribution in [3.63, 3.8) is 0 Å². The maximum Gasteiger partial charge on any atom is 0.309 e. The van der Waals surface area contributed by atoms with Crippen LogP contribution < -0.4 is 0 Å². The van der Waals surface area contributed by atoms with Gasteiger partial charge in [0.1, 0.15) is 0 Å². The maximum atomic E-state index is 11.8. The van der Waals surface area contributed by atoms with Crippen LogP contribution in [0.25, 0.3) is 0 Å². The number of halogens is 1. The first-order chi connectivity index (χ1) is 24.3. The first-order valence-electron chi connectivity index (χ1n) is 20.5. The van der Waals surface area contributed by atoms with Crippen LogP contribution in [0.5, 0.6) is 0 Å². The number of aliphatic carboxylic acids is 1. The number of hydrogen-bond acceptors (Lipinski definition) is 6. The van der Waals surface area contributed by atoms with Gasteiger partial charge in [-0.2, -0.15) is 0 Å². The number of fused-ring (bicyclic) bond motifs is 7. The molecule has 7 nitrogen and oxygen atoms in total. The molecule has 0 aliphatic heterocycles. The van der Waals surface area contributed by atoms with Crippen LogP contribution in [0.15, 0.2) is 38.3 Å². The number of rotatable bonds is 9. The molecule has 0 amide bonds. The molecule has 1 aromatic heterocycles. The summed E-state index contributed by atoms with van der Waals surface area (Å²) in [4.78, 5) is 11.8. The van der Waals surface area contributed by atoms with Crippen LogP contribution in [0.2, 0.25) is 0 Å². The van der Waals surface area contributed by atoms with Gasteiger partial charge < -0.3 is 19.4 Å². The van der Waals surface area contributed by atoms with E-state index in [-0.39, 0.29) is 39.6 Å². The second-order valence-electron chi connectivity index (χ2n) is 20.2. The molecule has 0 saturated heterocycles. The number of hydrogen-bond donors (Lipinski definition) is 2. The number of carboxylic acid groups (broad SMARTS) is 1. The lowest BCUT2D eigenvalue weighted by atomic mass is 9.33. The van der Waals surface area contributed by atoms with E-state index in [1.165, 1.54) is 31.3 Å². The van der Waals surface area contributed by atoms with Crippen molar-refractivity contribution in [2.45, 2.75) is 170 Å². The second-order valence-corrected chi connectivity index (χ2v) is 20.7. The number of aliphatic hydroxyl groups excluding tert-OH is 1. The Hall–Kier alpha value is -1.96. The summed E-state index contributed by atoms with van der Waals surface area (Å²) in [6.45, 7) is 20.7. The molecule has 0 bridgehead atoms. The fourth-order valence-corrected chi connectivity index (χ4v) is 13.7. The summed E-state index contributed by atoms with van der Waals surface area (Å²) in [5.74, 6) is 2.76. The van der Waals surface area contributed by atoms with Gasteiger partial charge in [-0.25, -0.2) is 0 Å². The Morgan fingerprint density at radius 1 is 0.942 bits per heavy atom. The molecule has 8 heteroatoms. The zero-order valence-corrected chi connectivity index (χ0v) is 34.2. The second kappa shape index (κ2) is 13.1. The van der Waals surface area contributed by atoms with Gasteiger partial charge in [0.25, 0.3) is 0 Å². The quantitative estimate of drug-likeness (QED) is 0.192. The smallest absolute Gasteiger partial charge is 0.309 e. The number of allylic oxidation sites excluding steroid dienone is 6. The first-order valence-corrected chi connectivity index (χ1v) is 20.8. The van der Waals surface area contributed by atoms with Crippen LogP contribution in [-0.4, -0.2) is 38.8 Å². The molecule has 7 rings (SSSR count). The van der Waals surface area contributed by atoms with E-state index in [0.29, 0.717) is 30.1 Å². The van der Waals surface area contributed by atoms with Crippen molar-refractivity contribution < 1.29 is 24.2 Å². The minimum atomic E-state index is -1.09. The Balaban J connectivity index is 1.16. The largest absolute Gasteiger partial charge is 0.481 e. The first kappa shape index (κ1) is 38.3. The van der Waals surface area contributed by atoms with Crippen LogP contribution in [0.4, 0.5) is 0 Å². The van der Waals surface area contributed by atoms with Crippen molar-refractivity contribution in [2.75, 3.05) is 0 Å². The summed E-state index contributed by atoms with van der Waals surface area (Å²) >= 11 is 6.24. The fraction of sp³-hybridized carbons (Fsp3) is 0.795. The van der Waals surface area contributed by atoms with Gasteiger partial charge in [0.2, 0.25) is 11.8 Å². The van der Waals surface area contributed by atoms with Crippen LogP contribution in [0.1, 0.15) is 158 Å². The van der Waals surface area contributed by atoms with Crippen molar-refractivity contribution in [1.29, 1.82) is 0 Å². The zero-order chi connectivity index (χ0) is 37.6. The topological polar surface area (TPSA) is 106 Å². The average Bonchev–Trinajstić information content (AvgIpc) is 3.70. The highest BCUT2D eigenvalue weighted by atomic mass is 35.5. The summed E-state index contributed by atoms with van der Waals surface area (Å²) < 4.78 is 13.1. The van der Waals surface area contributed by atoms with Gasteiger partial charge in [0.15, 0.2) is 6.29 Å². The molecule has 0 radical (unpaired) electrons. The van der Waals surface area contributed by atoms with E-state index < -0.39 is 17.7 Å². The van der Waals surface area contributed by atoms with Gasteiger partial charge in [-0.1, -0.05) is 82.9 Å². The van der Waals surface area contributed by atoms with Crippen LogP contribution in [0, 0.1) is 50.7 Å². The van der Waals surface area contributed by atoms with Gasteiger partial charge in [0.05, 0.1) is 16.9 Å². The SMILES string of the molecule is CC(C)C1=C2C3CCC4C5(C)CCC(OC(O)CC(C)(C)C(=O)O)C(C)(C)C5CCC4(C)C3(C)CCC2(c2nnc(CC3=CC=C(Cl)CC3)o2)CC1. The Morgan fingerprint density at radius 2 is 1.69 bits per heavy atom. The number of nitrogens with zero attached hydrogens (tertiary/aromatic N) is 2. The molecule has 6 aliphatic carbocycles. The highest BCUT2D eigenvalue weighted by Gasteiger charge is 2.70. The highest BCUT2D eigenvalue weighted by molar-refractivity contribution is 6.29. The molecule has 288 valence electrons. The van der Waals surface area contributed by atoms with Crippen molar-refractivity contribution in [2.24, 2.45) is 50.7 Å². The predicted molar refractivity (Wildman–Crippen MR) is 204 cm³/mol. The van der Waals surface area contributed by atoms with Gasteiger partial charge in [-0.3, -0.25) is 4.79 Å². The lowest BCUT2D eigenvalue weighted by Crippen LogP contribution is -2.66. The number of aromatic nitrogens is 2. The van der Waals surface area contributed by atoms with Gasteiger partial charge in [-0.15, -0.1) is 10.2 Å². The molecule has 0 spiro atoms. The number of carbonyl (C=O) groups is 1. The molecule has 4 fully saturated rings. The third kappa shape index (κ3) is 5.83. The van der Waals surface area contributed by atoms with E-state index in [9.17, 15) is 15.0 Å². The number of ether oxygens (including phenoxy) is 1. The Morgan fingerprint density at radius 3 is 2.37 bits per heavy atom. The molecule has 6 aliphatic rings. The standard InChI is InChI=1S/C44H65ClN2O5/c1-26(2)29-16-21-44(37-47-46-34(52-37)24-27-10-12-28(45)13-11-27)23-22-42(8)30(36(29)44)14-15-32-41(7)19-18-33(51-35(48)25-39(3,4)38(49)50)40(5,6)31(41)17-20-43(32,42)9/h10,12,26,30-33,35,48H,11,13-25H2,1-9H3,(H,49,50). The highest BCUT2D eigenvalue weighted by Crippen LogP contribution is 2.77. The monoisotopic (exact) mass is 736 g/mol. The average molecular weight is 737 g/mol. The lowest BCUT2D eigenvalue weighted by Gasteiger charge is -2.72. The molecule has 52 heavy (non-hydrogen) atoms. The van der Waals surface area contributed by atoms with Gasteiger partial charge in [-0.05, 0) is 142 Å². The summed E-state index contributed by atoms with van der Waals surface area (Å²) in [5, 5.41) is 31.1. The lowest BCUT2D eigenvalue weighted by molar-refractivity contribution is -0.257. The minimum absolute atomic E-state index is 0.0862. The molecule has 0 aromatic carbocycles. The minimum Gasteiger partial charge on any atom is -0.481 e. The third-order valence-electron chi connectivity index (χ3n) is 16.6. The molecule has 1 aromatic rings. The van der Waals surface area contributed by atoms with Crippen molar-refractivity contribution in [3.8, 4) is 0 Å². The van der Waals surface area contributed by atoms with Crippen LogP contribution in [0.3, 0.4) is 0 Å². The van der Waals surface area contributed by atoms with Crippen molar-refractivity contribution in [3.05, 3.63) is 45.7 Å². The van der Waals surface area contributed by atoms with E-state index >= 15 is 0 Å². The van der Waals surface area contributed by atoms with Crippen molar-refractivity contribution in [1.82, 2.24) is 10.2 Å². The number of aliphatic hydroxyl groups is 1. The molecule has 9 unspecified atom stereocenters. The third-order valence-corrected chi connectivity index (χ3v) is 16.9. The van der Waals surface area contributed by atoms with Gasteiger partial charge in [0, 0.05) is 17.9 Å². The fourth-order valence-electron chi connectivity index (χ4n) is 13.5. The van der Waals surface area contributed by atoms with Crippen LogP contribution >= 0.6 is 11.6 Å². The summed E-state index contributed by atoms with van der Waals surface area (Å²) in [5.41, 5.74) is 3.83. The van der Waals surface area contributed by atoms with Crippen molar-refractivity contribution >= 4 is 17.6 Å². The summed E-state index contributed by atoms with van der Waals surface area (Å²) in [6, 6.07) is 0. The number of carboxylic acids is 1. The molecule has 1 heterocycles. The van der Waals surface area contributed by atoms with E-state index in [4.69, 9.17) is 25.9 Å². The normalized spacial score (nSPS) is 39.2. The van der Waals surface area contributed by atoms with E-state index in [0.717, 1.165) is 68.2 Å². The summed E-state index contributed by atoms with van der Waals surface area (Å²) in [6.07, 6.45) is 16.8. The Kier molecular flexibility index (Phi) is 9.63. The zero-order valence-electron chi connectivity index (χ0n) is 33.4.